The number of fused-ring (bicyclic) bond motifs is 1. The van der Waals surface area contributed by atoms with Gasteiger partial charge in [0.15, 0.2) is 4.96 Å². The van der Waals surface area contributed by atoms with Crippen molar-refractivity contribution in [3.63, 3.8) is 0 Å². The van der Waals surface area contributed by atoms with E-state index >= 15 is 0 Å². The molecule has 1 aromatic carbocycles. The first-order valence-corrected chi connectivity index (χ1v) is 8.04. The van der Waals surface area contributed by atoms with E-state index in [1.807, 2.05) is 40.4 Å². The Bertz CT molecular complexity index is 690. The first-order chi connectivity index (χ1) is 9.65. The van der Waals surface area contributed by atoms with Gasteiger partial charge >= 0.3 is 0 Å². The monoisotopic (exact) mass is 370 g/mol. The molecule has 0 bridgehead atoms. The fourth-order valence-corrected chi connectivity index (χ4v) is 3.74. The maximum absolute atomic E-state index is 6.08. The summed E-state index contributed by atoms with van der Waals surface area (Å²) >= 11 is 11.1. The molecule has 0 aliphatic heterocycles. The average Bonchev–Trinajstić information content (AvgIpc) is 2.95. The minimum Gasteiger partial charge on any atom is -0.297 e. The lowest BCUT2D eigenvalue weighted by molar-refractivity contribution is 0.547. The molecule has 3 aromatic rings. The molecule has 0 spiro atoms. The van der Waals surface area contributed by atoms with Crippen molar-refractivity contribution in [2.75, 3.05) is 0 Å². The average molecular weight is 372 g/mol. The molecular formula is C13H12BrClN4S. The fourth-order valence-electron chi connectivity index (χ4n) is 2.13. The molecule has 0 amide bonds. The largest absolute Gasteiger partial charge is 0.297 e. The van der Waals surface area contributed by atoms with E-state index in [-0.39, 0.29) is 6.04 Å². The number of aromatic nitrogens is 2. The molecule has 3 rings (SSSR count). The summed E-state index contributed by atoms with van der Waals surface area (Å²) in [5.74, 6) is 5.68. The lowest BCUT2D eigenvalue weighted by Gasteiger charge is -2.15. The van der Waals surface area contributed by atoms with Crippen LogP contribution in [0.15, 0.2) is 40.4 Å². The van der Waals surface area contributed by atoms with E-state index in [0.717, 1.165) is 20.7 Å². The standard InChI is InChI=1S/C13H12BrClN4S/c14-9-3-8(4-10(15)5-9)12(18-16)6-11-7-19-1-2-20-13(19)17-11/h1-5,7,12,18H,6,16H2. The molecule has 3 N–H and O–H groups in total. The van der Waals surface area contributed by atoms with Gasteiger partial charge in [-0.15, -0.1) is 11.3 Å². The Morgan fingerprint density at radius 3 is 3.00 bits per heavy atom. The topological polar surface area (TPSA) is 55.3 Å². The van der Waals surface area contributed by atoms with Crippen LogP contribution >= 0.6 is 38.9 Å². The van der Waals surface area contributed by atoms with Crippen LogP contribution in [-0.2, 0) is 6.42 Å². The molecular weight excluding hydrogens is 360 g/mol. The van der Waals surface area contributed by atoms with Crippen molar-refractivity contribution in [2.45, 2.75) is 12.5 Å². The zero-order chi connectivity index (χ0) is 14.1. The van der Waals surface area contributed by atoms with Crippen LogP contribution in [0.5, 0.6) is 0 Å². The molecule has 0 aliphatic carbocycles. The highest BCUT2D eigenvalue weighted by atomic mass is 79.9. The van der Waals surface area contributed by atoms with Gasteiger partial charge in [0.05, 0.1) is 11.7 Å². The highest BCUT2D eigenvalue weighted by Gasteiger charge is 2.14. The predicted molar refractivity (Wildman–Crippen MR) is 86.0 cm³/mol. The van der Waals surface area contributed by atoms with Crippen molar-refractivity contribution in [1.82, 2.24) is 14.8 Å². The van der Waals surface area contributed by atoms with E-state index in [1.54, 1.807) is 11.3 Å². The maximum atomic E-state index is 6.08. The summed E-state index contributed by atoms with van der Waals surface area (Å²) in [6.45, 7) is 0. The van der Waals surface area contributed by atoms with Crippen LogP contribution in [0, 0.1) is 0 Å². The molecule has 4 nitrogen and oxygen atoms in total. The zero-order valence-electron chi connectivity index (χ0n) is 10.4. The lowest BCUT2D eigenvalue weighted by Crippen LogP contribution is -2.29. The van der Waals surface area contributed by atoms with Crippen LogP contribution in [0.3, 0.4) is 0 Å². The van der Waals surface area contributed by atoms with Gasteiger partial charge in [0.2, 0.25) is 0 Å². The van der Waals surface area contributed by atoms with E-state index in [4.69, 9.17) is 17.4 Å². The first-order valence-electron chi connectivity index (χ1n) is 5.99. The minimum absolute atomic E-state index is 0.0328. The van der Waals surface area contributed by atoms with Gasteiger partial charge in [-0.2, -0.15) is 0 Å². The van der Waals surface area contributed by atoms with E-state index in [9.17, 15) is 0 Å². The Hall–Kier alpha value is -0.920. The predicted octanol–water partition coefficient (Wildman–Crippen LogP) is 3.56. The Balaban J connectivity index is 1.87. The number of rotatable bonds is 4. The Labute approximate surface area is 133 Å². The first kappa shape index (κ1) is 14.0. The van der Waals surface area contributed by atoms with Crippen LogP contribution in [0.2, 0.25) is 5.02 Å². The van der Waals surface area contributed by atoms with Gasteiger partial charge in [-0.05, 0) is 23.8 Å². The van der Waals surface area contributed by atoms with Crippen molar-refractivity contribution in [3.8, 4) is 0 Å². The summed E-state index contributed by atoms with van der Waals surface area (Å²) < 4.78 is 2.95. The van der Waals surface area contributed by atoms with Crippen molar-refractivity contribution >= 4 is 43.8 Å². The van der Waals surface area contributed by atoms with Crippen LogP contribution in [0.25, 0.3) is 4.96 Å². The normalized spacial score (nSPS) is 12.9. The van der Waals surface area contributed by atoms with E-state index < -0.39 is 0 Å². The molecule has 7 heteroatoms. The number of imidazole rings is 1. The quantitative estimate of drug-likeness (QED) is 0.544. The molecule has 2 heterocycles. The molecule has 104 valence electrons. The van der Waals surface area contributed by atoms with Gasteiger partial charge in [-0.3, -0.25) is 15.7 Å². The molecule has 1 atom stereocenters. The summed E-state index contributed by atoms with van der Waals surface area (Å²) in [6.07, 6.45) is 4.73. The molecule has 1 unspecified atom stereocenters. The van der Waals surface area contributed by atoms with E-state index in [2.05, 4.69) is 26.3 Å². The zero-order valence-corrected chi connectivity index (χ0v) is 13.5. The number of benzene rings is 1. The number of nitrogens with one attached hydrogen (secondary N) is 1. The lowest BCUT2D eigenvalue weighted by atomic mass is 10.0. The van der Waals surface area contributed by atoms with Gasteiger partial charge in [0, 0.05) is 33.7 Å². The second-order valence-electron chi connectivity index (χ2n) is 4.45. The molecule has 0 saturated carbocycles. The summed E-state index contributed by atoms with van der Waals surface area (Å²) in [4.78, 5) is 5.56. The van der Waals surface area contributed by atoms with Crippen molar-refractivity contribution in [2.24, 2.45) is 5.84 Å². The second kappa shape index (κ2) is 5.83. The molecule has 0 fully saturated rings. The van der Waals surface area contributed by atoms with Gasteiger partial charge in [0.1, 0.15) is 0 Å². The summed E-state index contributed by atoms with van der Waals surface area (Å²) in [5.41, 5.74) is 4.86. The van der Waals surface area contributed by atoms with Crippen LogP contribution in [0.1, 0.15) is 17.3 Å². The summed E-state index contributed by atoms with van der Waals surface area (Å²) in [5, 5.41) is 2.69. The number of nitrogens with two attached hydrogens (primary N) is 1. The summed E-state index contributed by atoms with van der Waals surface area (Å²) in [7, 11) is 0. The van der Waals surface area contributed by atoms with Crippen molar-refractivity contribution in [3.05, 3.63) is 56.7 Å². The summed E-state index contributed by atoms with van der Waals surface area (Å²) in [6, 6.07) is 5.74. The number of hydrazine groups is 1. The highest BCUT2D eigenvalue weighted by Crippen LogP contribution is 2.26. The Morgan fingerprint density at radius 2 is 2.30 bits per heavy atom. The molecule has 0 radical (unpaired) electrons. The van der Waals surface area contributed by atoms with Crippen LogP contribution < -0.4 is 11.3 Å². The van der Waals surface area contributed by atoms with Crippen molar-refractivity contribution < 1.29 is 0 Å². The smallest absolute Gasteiger partial charge is 0.193 e. The number of nitrogens with zero attached hydrogens (tertiary/aromatic N) is 2. The SMILES string of the molecule is NNC(Cc1cn2ccsc2n1)c1cc(Cl)cc(Br)c1. The third-order valence-corrected chi connectivity index (χ3v) is 4.49. The molecule has 0 saturated heterocycles. The second-order valence-corrected chi connectivity index (χ2v) is 6.68. The number of hydrogen-bond donors (Lipinski definition) is 2. The fraction of sp³-hybridized carbons (Fsp3) is 0.154. The van der Waals surface area contributed by atoms with E-state index in [1.165, 1.54) is 0 Å². The molecule has 0 aliphatic rings. The molecule has 2 aromatic heterocycles. The third kappa shape index (κ3) is 2.89. The van der Waals surface area contributed by atoms with Crippen LogP contribution in [-0.4, -0.2) is 9.38 Å². The van der Waals surface area contributed by atoms with E-state index in [0.29, 0.717) is 11.4 Å². The van der Waals surface area contributed by atoms with Crippen molar-refractivity contribution in [1.29, 1.82) is 0 Å². The maximum Gasteiger partial charge on any atom is 0.193 e. The highest BCUT2D eigenvalue weighted by molar-refractivity contribution is 9.10. The number of hydrogen-bond acceptors (Lipinski definition) is 4. The molecule has 20 heavy (non-hydrogen) atoms. The minimum atomic E-state index is -0.0328. The Morgan fingerprint density at radius 1 is 1.45 bits per heavy atom. The van der Waals surface area contributed by atoms with Gasteiger partial charge in [-0.1, -0.05) is 27.5 Å². The Kier molecular flexibility index (Phi) is 4.09. The van der Waals surface area contributed by atoms with Gasteiger partial charge < -0.3 is 0 Å². The third-order valence-electron chi connectivity index (χ3n) is 3.04. The van der Waals surface area contributed by atoms with Gasteiger partial charge in [-0.25, -0.2) is 4.98 Å². The number of thiazole rings is 1. The number of halogens is 2. The van der Waals surface area contributed by atoms with Crippen LogP contribution in [0.4, 0.5) is 0 Å². The van der Waals surface area contributed by atoms with Gasteiger partial charge in [0.25, 0.3) is 0 Å².